The number of rotatable bonds is 8. The van der Waals surface area contributed by atoms with Gasteiger partial charge in [-0.15, -0.1) is 0 Å². The maximum absolute atomic E-state index is 11.8. The third-order valence-electron chi connectivity index (χ3n) is 2.81. The Morgan fingerprint density at radius 1 is 1.27 bits per heavy atom. The summed E-state index contributed by atoms with van der Waals surface area (Å²) in [5, 5.41) is 15.2. The summed E-state index contributed by atoms with van der Waals surface area (Å²) in [5.41, 5.74) is 0.662. The lowest BCUT2D eigenvalue weighted by molar-refractivity contribution is -0.137. The van der Waals surface area contributed by atoms with Crippen molar-refractivity contribution in [1.82, 2.24) is 9.78 Å². The highest BCUT2D eigenvalue weighted by Gasteiger charge is 2.04. The van der Waals surface area contributed by atoms with Gasteiger partial charge < -0.3 is 15.2 Å². The van der Waals surface area contributed by atoms with Crippen molar-refractivity contribution in [3.05, 3.63) is 42.7 Å². The number of aromatic nitrogens is 2. The molecule has 0 atom stereocenters. The summed E-state index contributed by atoms with van der Waals surface area (Å²) in [6.07, 6.45) is 3.87. The van der Waals surface area contributed by atoms with Crippen LogP contribution in [0.5, 0.6) is 5.75 Å². The summed E-state index contributed by atoms with van der Waals surface area (Å²) < 4.78 is 6.95. The molecule has 1 heterocycles. The van der Waals surface area contributed by atoms with E-state index in [1.807, 2.05) is 0 Å². The number of carboxylic acids is 1. The van der Waals surface area contributed by atoms with Gasteiger partial charge in [-0.05, 0) is 36.8 Å². The largest absolute Gasteiger partial charge is 0.494 e. The van der Waals surface area contributed by atoms with Gasteiger partial charge in [0.05, 0.1) is 6.61 Å². The number of nitrogens with zero attached hydrogens (tertiary/aromatic N) is 2. The zero-order valence-electron chi connectivity index (χ0n) is 11.9. The molecule has 0 spiro atoms. The van der Waals surface area contributed by atoms with Gasteiger partial charge >= 0.3 is 5.97 Å². The van der Waals surface area contributed by atoms with E-state index >= 15 is 0 Å². The Morgan fingerprint density at radius 3 is 2.68 bits per heavy atom. The molecule has 2 N–H and O–H groups in total. The number of hydrogen-bond acceptors (Lipinski definition) is 4. The lowest BCUT2D eigenvalue weighted by atomic mass is 10.3. The van der Waals surface area contributed by atoms with Crippen molar-refractivity contribution in [2.24, 2.45) is 0 Å². The van der Waals surface area contributed by atoms with Crippen molar-refractivity contribution < 1.29 is 19.4 Å². The van der Waals surface area contributed by atoms with Gasteiger partial charge in [-0.25, -0.2) is 0 Å². The van der Waals surface area contributed by atoms with Crippen LogP contribution in [0.2, 0.25) is 0 Å². The molecule has 2 rings (SSSR count). The molecule has 0 fully saturated rings. The molecule has 116 valence electrons. The topological polar surface area (TPSA) is 93.5 Å². The minimum atomic E-state index is -0.834. The standard InChI is InChI=1S/C15H17N3O4/c19-14(11-18-9-2-8-16-18)17-12-4-6-13(7-5-12)22-10-1-3-15(20)21/h2,4-9H,1,3,10-11H2,(H,17,19)(H,20,21). The van der Waals surface area contributed by atoms with Crippen molar-refractivity contribution >= 4 is 17.6 Å². The number of aliphatic carboxylic acids is 1. The second-order valence-electron chi connectivity index (χ2n) is 4.62. The van der Waals surface area contributed by atoms with E-state index in [1.165, 1.54) is 4.68 Å². The van der Waals surface area contributed by atoms with Gasteiger partial charge in [0, 0.05) is 24.5 Å². The van der Waals surface area contributed by atoms with E-state index in [1.54, 1.807) is 42.7 Å². The van der Waals surface area contributed by atoms with Crippen LogP contribution >= 0.6 is 0 Å². The molecule has 0 aliphatic carbocycles. The molecular formula is C15H17N3O4. The molecule has 0 radical (unpaired) electrons. The Kier molecular flexibility index (Phi) is 5.53. The summed E-state index contributed by atoms with van der Waals surface area (Å²) in [7, 11) is 0. The number of carbonyl (C=O) groups excluding carboxylic acids is 1. The molecule has 0 bridgehead atoms. The minimum Gasteiger partial charge on any atom is -0.494 e. The third kappa shape index (κ3) is 5.28. The van der Waals surface area contributed by atoms with E-state index in [9.17, 15) is 9.59 Å². The number of amides is 1. The number of anilines is 1. The predicted molar refractivity (Wildman–Crippen MR) is 79.7 cm³/mol. The van der Waals surface area contributed by atoms with Crippen LogP contribution in [0.15, 0.2) is 42.7 Å². The summed E-state index contributed by atoms with van der Waals surface area (Å²) in [5.74, 6) is -0.367. The fourth-order valence-corrected chi connectivity index (χ4v) is 1.79. The van der Waals surface area contributed by atoms with Gasteiger partial charge in [0.1, 0.15) is 12.3 Å². The highest BCUT2D eigenvalue weighted by atomic mass is 16.5. The fourth-order valence-electron chi connectivity index (χ4n) is 1.79. The number of benzene rings is 1. The van der Waals surface area contributed by atoms with Gasteiger partial charge in [0.2, 0.25) is 5.91 Å². The fraction of sp³-hybridized carbons (Fsp3) is 0.267. The molecule has 1 aromatic carbocycles. The van der Waals surface area contributed by atoms with Gasteiger partial charge in [-0.1, -0.05) is 0 Å². The molecule has 7 heteroatoms. The lowest BCUT2D eigenvalue weighted by Gasteiger charge is -2.08. The van der Waals surface area contributed by atoms with Crippen LogP contribution in [0.4, 0.5) is 5.69 Å². The molecule has 0 saturated carbocycles. The maximum atomic E-state index is 11.8. The van der Waals surface area contributed by atoms with Crippen LogP contribution in [-0.4, -0.2) is 33.4 Å². The second kappa shape index (κ2) is 7.82. The summed E-state index contributed by atoms with van der Waals surface area (Å²) in [6, 6.07) is 8.67. The van der Waals surface area contributed by atoms with Crippen molar-refractivity contribution in [1.29, 1.82) is 0 Å². The van der Waals surface area contributed by atoms with Gasteiger partial charge in [0.15, 0.2) is 0 Å². The first kappa shape index (κ1) is 15.6. The van der Waals surface area contributed by atoms with E-state index in [-0.39, 0.29) is 18.9 Å². The molecule has 0 unspecified atom stereocenters. The van der Waals surface area contributed by atoms with Gasteiger partial charge in [0.25, 0.3) is 0 Å². The SMILES string of the molecule is O=C(O)CCCOc1ccc(NC(=O)Cn2cccn2)cc1. The van der Waals surface area contributed by atoms with Gasteiger partial charge in [-0.3, -0.25) is 14.3 Å². The zero-order chi connectivity index (χ0) is 15.8. The van der Waals surface area contributed by atoms with E-state index in [0.29, 0.717) is 24.5 Å². The first-order valence-electron chi connectivity index (χ1n) is 6.85. The number of hydrogen-bond donors (Lipinski definition) is 2. The highest BCUT2D eigenvalue weighted by Crippen LogP contribution is 2.16. The summed E-state index contributed by atoms with van der Waals surface area (Å²) in [6.45, 7) is 0.498. The molecule has 1 amide bonds. The van der Waals surface area contributed by atoms with Crippen LogP contribution in [0.3, 0.4) is 0 Å². The third-order valence-corrected chi connectivity index (χ3v) is 2.81. The van der Waals surface area contributed by atoms with Crippen LogP contribution in [0.25, 0.3) is 0 Å². The quantitative estimate of drug-likeness (QED) is 0.725. The Balaban J connectivity index is 1.76. The number of carboxylic acid groups (broad SMARTS) is 1. The second-order valence-corrected chi connectivity index (χ2v) is 4.62. The van der Waals surface area contributed by atoms with Crippen molar-refractivity contribution in [2.45, 2.75) is 19.4 Å². The van der Waals surface area contributed by atoms with E-state index in [0.717, 1.165) is 0 Å². The first-order chi connectivity index (χ1) is 10.6. The van der Waals surface area contributed by atoms with Gasteiger partial charge in [-0.2, -0.15) is 5.10 Å². The average molecular weight is 303 g/mol. The van der Waals surface area contributed by atoms with Crippen molar-refractivity contribution in [3.63, 3.8) is 0 Å². The molecule has 22 heavy (non-hydrogen) atoms. The maximum Gasteiger partial charge on any atom is 0.303 e. The molecule has 0 aliphatic rings. The summed E-state index contributed by atoms with van der Waals surface area (Å²) >= 11 is 0. The van der Waals surface area contributed by atoms with Crippen LogP contribution < -0.4 is 10.1 Å². The molecule has 7 nitrogen and oxygen atoms in total. The summed E-state index contributed by atoms with van der Waals surface area (Å²) in [4.78, 5) is 22.2. The molecule has 0 saturated heterocycles. The molecule has 1 aromatic heterocycles. The Morgan fingerprint density at radius 2 is 2.05 bits per heavy atom. The average Bonchev–Trinajstić information content (AvgIpc) is 2.98. The van der Waals surface area contributed by atoms with E-state index < -0.39 is 5.97 Å². The van der Waals surface area contributed by atoms with Crippen LogP contribution in [0.1, 0.15) is 12.8 Å². The number of carbonyl (C=O) groups is 2. The highest BCUT2D eigenvalue weighted by molar-refractivity contribution is 5.90. The molecule has 0 aliphatic heterocycles. The predicted octanol–water partition coefficient (Wildman–Crippen LogP) is 1.77. The lowest BCUT2D eigenvalue weighted by Crippen LogP contribution is -2.18. The molecule has 2 aromatic rings. The molecular weight excluding hydrogens is 286 g/mol. The minimum absolute atomic E-state index is 0.0849. The van der Waals surface area contributed by atoms with Crippen LogP contribution in [0, 0.1) is 0 Å². The Labute approximate surface area is 127 Å². The zero-order valence-corrected chi connectivity index (χ0v) is 11.9. The van der Waals surface area contributed by atoms with E-state index in [4.69, 9.17) is 9.84 Å². The Hall–Kier alpha value is -2.83. The monoisotopic (exact) mass is 303 g/mol. The van der Waals surface area contributed by atoms with Crippen molar-refractivity contribution in [2.75, 3.05) is 11.9 Å². The first-order valence-corrected chi connectivity index (χ1v) is 6.85. The smallest absolute Gasteiger partial charge is 0.303 e. The van der Waals surface area contributed by atoms with E-state index in [2.05, 4.69) is 10.4 Å². The Bertz CT molecular complexity index is 608. The number of nitrogens with one attached hydrogen (secondary N) is 1. The van der Waals surface area contributed by atoms with Crippen molar-refractivity contribution in [3.8, 4) is 5.75 Å². The van der Waals surface area contributed by atoms with Crippen LogP contribution in [-0.2, 0) is 16.1 Å². The number of ether oxygens (including phenoxy) is 1. The normalized spacial score (nSPS) is 10.2.